The number of aliphatic carboxylic acids is 1. The van der Waals surface area contributed by atoms with Gasteiger partial charge in [0, 0.05) is 32.7 Å². The average molecular weight is 508 g/mol. The zero-order valence-electron chi connectivity index (χ0n) is 18.8. The Morgan fingerprint density at radius 2 is 1.86 bits per heavy atom. The molecule has 1 aliphatic heterocycles. The van der Waals surface area contributed by atoms with E-state index in [1.165, 1.54) is 16.7 Å². The van der Waals surface area contributed by atoms with Crippen molar-refractivity contribution >= 4 is 29.0 Å². The number of hydrogen-bond acceptors (Lipinski definition) is 7. The molecule has 1 aromatic carbocycles. The molecule has 12 heteroatoms. The summed E-state index contributed by atoms with van der Waals surface area (Å²) in [5.74, 6) is -2.12. The molecule has 2 aromatic heterocycles. The van der Waals surface area contributed by atoms with E-state index in [1.54, 1.807) is 28.6 Å². The molecule has 0 radical (unpaired) electrons. The fourth-order valence-electron chi connectivity index (χ4n) is 3.35. The summed E-state index contributed by atoms with van der Waals surface area (Å²) in [7, 11) is 1.97. The second-order valence-electron chi connectivity index (χ2n) is 7.93. The SMILES string of the molecule is CN(Cc1ccc(-c2ccsc2)cc1)c1cnc(C(=O)N2CCC(N)C2)cn1.O=C(O)C(F)(F)F. The van der Waals surface area contributed by atoms with E-state index in [9.17, 15) is 18.0 Å². The molecular weight excluding hydrogens is 483 g/mol. The Morgan fingerprint density at radius 1 is 1.17 bits per heavy atom. The molecule has 1 aliphatic rings. The van der Waals surface area contributed by atoms with Crippen molar-refractivity contribution in [1.29, 1.82) is 0 Å². The van der Waals surface area contributed by atoms with Crippen molar-refractivity contribution in [2.24, 2.45) is 5.73 Å². The summed E-state index contributed by atoms with van der Waals surface area (Å²) in [6, 6.07) is 10.7. The molecule has 0 spiro atoms. The first-order valence-electron chi connectivity index (χ1n) is 10.5. The van der Waals surface area contributed by atoms with Crippen LogP contribution in [0.4, 0.5) is 19.0 Å². The number of carbonyl (C=O) groups is 2. The highest BCUT2D eigenvalue weighted by Crippen LogP contribution is 2.23. The lowest BCUT2D eigenvalue weighted by Crippen LogP contribution is -2.32. The van der Waals surface area contributed by atoms with Crippen molar-refractivity contribution in [3.63, 3.8) is 0 Å². The third-order valence-corrected chi connectivity index (χ3v) is 5.91. The van der Waals surface area contributed by atoms with E-state index in [0.29, 0.717) is 25.3 Å². The Morgan fingerprint density at radius 3 is 2.34 bits per heavy atom. The van der Waals surface area contributed by atoms with Gasteiger partial charge in [-0.25, -0.2) is 14.8 Å². The summed E-state index contributed by atoms with van der Waals surface area (Å²) < 4.78 is 31.7. The molecule has 1 saturated heterocycles. The molecule has 1 fully saturated rings. The number of rotatable bonds is 5. The number of halogens is 3. The van der Waals surface area contributed by atoms with E-state index in [1.807, 2.05) is 11.9 Å². The maximum Gasteiger partial charge on any atom is 0.490 e. The third kappa shape index (κ3) is 7.23. The minimum atomic E-state index is -5.08. The van der Waals surface area contributed by atoms with Crippen molar-refractivity contribution in [1.82, 2.24) is 14.9 Å². The minimum Gasteiger partial charge on any atom is -0.475 e. The van der Waals surface area contributed by atoms with Gasteiger partial charge < -0.3 is 20.6 Å². The second kappa shape index (κ2) is 11.3. The zero-order valence-corrected chi connectivity index (χ0v) is 19.6. The van der Waals surface area contributed by atoms with Gasteiger partial charge in [0.05, 0.1) is 12.4 Å². The Bertz CT molecular complexity index is 1120. The van der Waals surface area contributed by atoms with E-state index >= 15 is 0 Å². The van der Waals surface area contributed by atoms with Crippen molar-refractivity contribution in [3.8, 4) is 11.1 Å². The summed E-state index contributed by atoms with van der Waals surface area (Å²) in [4.78, 5) is 33.9. The van der Waals surface area contributed by atoms with Gasteiger partial charge in [-0.05, 0) is 39.9 Å². The summed E-state index contributed by atoms with van der Waals surface area (Å²) in [6.07, 6.45) is -1.04. The molecule has 0 saturated carbocycles. The topological polar surface area (TPSA) is 113 Å². The number of anilines is 1. The van der Waals surface area contributed by atoms with Crippen LogP contribution in [0.3, 0.4) is 0 Å². The smallest absolute Gasteiger partial charge is 0.475 e. The fraction of sp³-hybridized carbons (Fsp3) is 0.304. The second-order valence-corrected chi connectivity index (χ2v) is 8.71. The molecular formula is C23H24F3N5O3S. The lowest BCUT2D eigenvalue weighted by Gasteiger charge is -2.19. The molecule has 0 bridgehead atoms. The van der Waals surface area contributed by atoms with Crippen molar-refractivity contribution in [3.05, 3.63) is 64.7 Å². The standard InChI is InChI=1S/C21H23N5OS.C2HF3O2/c1-25(12-15-2-4-16(5-3-15)17-7-9-28-14-17)20-11-23-19(10-24-20)21(27)26-8-6-18(22)13-26;3-2(4,5)1(6)7/h2-5,7,9-11,14,18H,6,8,12-13,22H2,1H3;(H,6,7). The number of benzene rings is 1. The van der Waals surface area contributed by atoms with E-state index in [2.05, 4.69) is 51.1 Å². The number of likely N-dealkylation sites (tertiary alicyclic amines) is 1. The number of nitrogens with two attached hydrogens (primary N) is 1. The molecule has 3 N–H and O–H groups in total. The molecule has 8 nitrogen and oxygen atoms in total. The van der Waals surface area contributed by atoms with E-state index in [0.717, 1.165) is 12.2 Å². The van der Waals surface area contributed by atoms with E-state index < -0.39 is 12.1 Å². The molecule has 3 aromatic rings. The van der Waals surface area contributed by atoms with Gasteiger partial charge in [0.1, 0.15) is 11.5 Å². The van der Waals surface area contributed by atoms with Crippen LogP contribution in [-0.4, -0.2) is 64.2 Å². The largest absolute Gasteiger partial charge is 0.490 e. The zero-order chi connectivity index (χ0) is 25.6. The average Bonchev–Trinajstić information content (AvgIpc) is 3.51. The number of thiophene rings is 1. The predicted molar refractivity (Wildman–Crippen MR) is 126 cm³/mol. The molecule has 1 amide bonds. The van der Waals surface area contributed by atoms with E-state index in [-0.39, 0.29) is 11.9 Å². The van der Waals surface area contributed by atoms with Gasteiger partial charge in [0.15, 0.2) is 0 Å². The van der Waals surface area contributed by atoms with E-state index in [4.69, 9.17) is 15.6 Å². The minimum absolute atomic E-state index is 0.0634. The lowest BCUT2D eigenvalue weighted by molar-refractivity contribution is -0.192. The first-order valence-corrected chi connectivity index (χ1v) is 11.5. The lowest BCUT2D eigenvalue weighted by atomic mass is 10.1. The van der Waals surface area contributed by atoms with Crippen LogP contribution < -0.4 is 10.6 Å². The van der Waals surface area contributed by atoms with Crippen LogP contribution in [0.1, 0.15) is 22.5 Å². The maximum absolute atomic E-state index is 12.4. The van der Waals surface area contributed by atoms with Crippen molar-refractivity contribution in [2.45, 2.75) is 25.2 Å². The molecule has 0 aliphatic carbocycles. The number of nitrogens with zero attached hydrogens (tertiary/aromatic N) is 4. The number of aromatic nitrogens is 2. The molecule has 4 rings (SSSR count). The van der Waals surface area contributed by atoms with Gasteiger partial charge in [-0.1, -0.05) is 24.3 Å². The molecule has 35 heavy (non-hydrogen) atoms. The number of carboxylic acid groups (broad SMARTS) is 1. The highest BCUT2D eigenvalue weighted by atomic mass is 32.1. The van der Waals surface area contributed by atoms with Crippen molar-refractivity contribution in [2.75, 3.05) is 25.0 Å². The number of carboxylic acids is 1. The molecule has 3 heterocycles. The summed E-state index contributed by atoms with van der Waals surface area (Å²) in [5, 5.41) is 11.4. The van der Waals surface area contributed by atoms with Crippen LogP contribution in [0.5, 0.6) is 0 Å². The van der Waals surface area contributed by atoms with Gasteiger partial charge in [-0.3, -0.25) is 4.79 Å². The Balaban J connectivity index is 0.000000429. The normalized spacial score (nSPS) is 15.3. The maximum atomic E-state index is 12.4. The molecule has 1 atom stereocenters. The van der Waals surface area contributed by atoms with Gasteiger partial charge in [-0.15, -0.1) is 0 Å². The van der Waals surface area contributed by atoms with Crippen LogP contribution in [0.2, 0.25) is 0 Å². The summed E-state index contributed by atoms with van der Waals surface area (Å²) in [5.41, 5.74) is 9.90. The van der Waals surface area contributed by atoms with Gasteiger partial charge in [0.2, 0.25) is 0 Å². The van der Waals surface area contributed by atoms with Crippen LogP contribution in [0.25, 0.3) is 11.1 Å². The van der Waals surface area contributed by atoms with Crippen LogP contribution in [0, 0.1) is 0 Å². The summed E-state index contributed by atoms with van der Waals surface area (Å²) >= 11 is 1.70. The third-order valence-electron chi connectivity index (χ3n) is 5.23. The monoisotopic (exact) mass is 507 g/mol. The highest BCUT2D eigenvalue weighted by Gasteiger charge is 2.38. The molecule has 1 unspecified atom stereocenters. The van der Waals surface area contributed by atoms with Gasteiger partial charge in [-0.2, -0.15) is 24.5 Å². The van der Waals surface area contributed by atoms with Gasteiger partial charge in [0.25, 0.3) is 5.91 Å². The summed E-state index contributed by atoms with van der Waals surface area (Å²) in [6.45, 7) is 1.99. The van der Waals surface area contributed by atoms with Gasteiger partial charge >= 0.3 is 12.1 Å². The predicted octanol–water partition coefficient (Wildman–Crippen LogP) is 3.65. The van der Waals surface area contributed by atoms with Crippen LogP contribution >= 0.6 is 11.3 Å². The number of hydrogen-bond donors (Lipinski definition) is 2. The highest BCUT2D eigenvalue weighted by molar-refractivity contribution is 7.08. The van der Waals surface area contributed by atoms with Crippen LogP contribution in [0.15, 0.2) is 53.5 Å². The Kier molecular flexibility index (Phi) is 8.41. The Hall–Kier alpha value is -3.51. The quantitative estimate of drug-likeness (QED) is 0.542. The first kappa shape index (κ1) is 26.1. The fourth-order valence-corrected chi connectivity index (χ4v) is 4.01. The number of carbonyl (C=O) groups excluding carboxylic acids is 1. The van der Waals surface area contributed by atoms with Crippen LogP contribution in [-0.2, 0) is 11.3 Å². The number of alkyl halides is 3. The molecule has 186 valence electrons. The van der Waals surface area contributed by atoms with Crippen molar-refractivity contribution < 1.29 is 27.9 Å². The first-order chi connectivity index (χ1) is 16.5. The number of amides is 1. The Labute approximate surface area is 203 Å².